The minimum atomic E-state index is -0.351. The lowest BCUT2D eigenvalue weighted by atomic mass is 9.91. The first-order valence-electron chi connectivity index (χ1n) is 5.75. The molecule has 0 radical (unpaired) electrons. The maximum Gasteiger partial charge on any atom is 0.131 e. The summed E-state index contributed by atoms with van der Waals surface area (Å²) in [5.41, 5.74) is 9.14. The molecule has 0 saturated heterocycles. The third kappa shape index (κ3) is 3.22. The molecule has 0 saturated carbocycles. The Morgan fingerprint density at radius 1 is 1.32 bits per heavy atom. The molecule has 0 spiro atoms. The second kappa shape index (κ2) is 7.07. The zero-order chi connectivity index (χ0) is 13.0. The van der Waals surface area contributed by atoms with E-state index in [0.717, 1.165) is 16.7 Å². The number of hydrogen-bond donors (Lipinski definition) is 1. The van der Waals surface area contributed by atoms with E-state index in [1.807, 2.05) is 42.4 Å². The topological polar surface area (TPSA) is 52.3 Å². The quantitative estimate of drug-likeness (QED) is 0.863. The molecule has 0 heterocycles. The molecular formula is C15H16ClNO2. The SMILES string of the molecule is COC1C(=C=O)C=CC=C1c1ccc(CN)cc1.Cl. The lowest BCUT2D eigenvalue weighted by molar-refractivity contribution is 0.178. The minimum absolute atomic E-state index is 0. The monoisotopic (exact) mass is 277 g/mol. The molecular weight excluding hydrogens is 262 g/mol. The third-order valence-corrected chi connectivity index (χ3v) is 2.99. The number of methoxy groups -OCH3 is 1. The summed E-state index contributed by atoms with van der Waals surface area (Å²) < 4.78 is 5.37. The smallest absolute Gasteiger partial charge is 0.131 e. The summed E-state index contributed by atoms with van der Waals surface area (Å²) >= 11 is 0. The standard InChI is InChI=1S/C15H15NO2.ClH/c1-18-15-13(10-17)3-2-4-14(15)12-7-5-11(9-16)6-8-12;/h2-8,15H,9,16H2,1H3;1H. The van der Waals surface area contributed by atoms with E-state index in [1.165, 1.54) is 0 Å². The first-order chi connectivity index (χ1) is 8.80. The van der Waals surface area contributed by atoms with Gasteiger partial charge in [-0.3, -0.25) is 0 Å². The molecule has 3 nitrogen and oxygen atoms in total. The lowest BCUT2D eigenvalue weighted by Gasteiger charge is -2.21. The van der Waals surface area contributed by atoms with Crippen molar-refractivity contribution in [2.45, 2.75) is 12.6 Å². The first kappa shape index (κ1) is 15.4. The van der Waals surface area contributed by atoms with Crippen LogP contribution in [0, 0.1) is 0 Å². The van der Waals surface area contributed by atoms with Crippen molar-refractivity contribution in [3.63, 3.8) is 0 Å². The van der Waals surface area contributed by atoms with Crippen LogP contribution in [0.3, 0.4) is 0 Å². The minimum Gasteiger partial charge on any atom is -0.371 e. The van der Waals surface area contributed by atoms with Gasteiger partial charge in [-0.1, -0.05) is 36.4 Å². The Bertz CT molecular complexity index is 540. The van der Waals surface area contributed by atoms with E-state index >= 15 is 0 Å². The zero-order valence-electron chi connectivity index (χ0n) is 10.6. The predicted molar refractivity (Wildman–Crippen MR) is 78.7 cm³/mol. The van der Waals surface area contributed by atoms with Crippen LogP contribution in [0.4, 0.5) is 0 Å². The van der Waals surface area contributed by atoms with Crippen molar-refractivity contribution < 1.29 is 9.53 Å². The molecule has 4 heteroatoms. The van der Waals surface area contributed by atoms with Crippen LogP contribution in [0.25, 0.3) is 5.57 Å². The van der Waals surface area contributed by atoms with Crippen LogP contribution < -0.4 is 5.73 Å². The van der Waals surface area contributed by atoms with E-state index in [1.54, 1.807) is 13.2 Å². The van der Waals surface area contributed by atoms with E-state index in [4.69, 9.17) is 10.5 Å². The number of hydrogen-bond acceptors (Lipinski definition) is 3. The van der Waals surface area contributed by atoms with Gasteiger partial charge in [0, 0.05) is 13.7 Å². The van der Waals surface area contributed by atoms with Crippen molar-refractivity contribution in [2.24, 2.45) is 5.73 Å². The van der Waals surface area contributed by atoms with Crippen molar-refractivity contribution in [1.29, 1.82) is 0 Å². The Morgan fingerprint density at radius 3 is 2.53 bits per heavy atom. The van der Waals surface area contributed by atoms with Crippen LogP contribution >= 0.6 is 12.4 Å². The van der Waals surface area contributed by atoms with Gasteiger partial charge in [0.05, 0.1) is 5.57 Å². The highest BCUT2D eigenvalue weighted by Crippen LogP contribution is 2.28. The molecule has 1 aliphatic carbocycles. The second-order valence-corrected chi connectivity index (χ2v) is 4.06. The van der Waals surface area contributed by atoms with Crippen LogP contribution in [0.5, 0.6) is 0 Å². The van der Waals surface area contributed by atoms with Gasteiger partial charge in [-0.05, 0) is 22.8 Å². The highest BCUT2D eigenvalue weighted by Gasteiger charge is 2.21. The summed E-state index contributed by atoms with van der Waals surface area (Å²) in [7, 11) is 1.59. The maximum atomic E-state index is 10.9. The number of allylic oxidation sites excluding steroid dienone is 2. The van der Waals surface area contributed by atoms with Gasteiger partial charge >= 0.3 is 0 Å². The summed E-state index contributed by atoms with van der Waals surface area (Å²) in [5, 5.41) is 0. The molecule has 0 amide bonds. The van der Waals surface area contributed by atoms with E-state index in [0.29, 0.717) is 12.1 Å². The Kier molecular flexibility index (Phi) is 5.74. The fourth-order valence-corrected chi connectivity index (χ4v) is 2.02. The van der Waals surface area contributed by atoms with Crippen LogP contribution in [-0.2, 0) is 16.1 Å². The highest BCUT2D eigenvalue weighted by molar-refractivity contribution is 5.85. The molecule has 0 bridgehead atoms. The van der Waals surface area contributed by atoms with Gasteiger partial charge in [0.1, 0.15) is 12.0 Å². The van der Waals surface area contributed by atoms with Gasteiger partial charge < -0.3 is 10.5 Å². The van der Waals surface area contributed by atoms with Crippen molar-refractivity contribution in [2.75, 3.05) is 7.11 Å². The number of benzene rings is 1. The van der Waals surface area contributed by atoms with Crippen LogP contribution in [0.15, 0.2) is 48.1 Å². The second-order valence-electron chi connectivity index (χ2n) is 4.06. The number of halogens is 1. The molecule has 1 aromatic carbocycles. The van der Waals surface area contributed by atoms with Gasteiger partial charge in [0.15, 0.2) is 0 Å². The summed E-state index contributed by atoms with van der Waals surface area (Å²) in [5.74, 6) is 1.92. The molecule has 2 N–H and O–H groups in total. The summed E-state index contributed by atoms with van der Waals surface area (Å²) in [6.07, 6.45) is 5.16. The van der Waals surface area contributed by atoms with Crippen molar-refractivity contribution in [3.8, 4) is 0 Å². The fourth-order valence-electron chi connectivity index (χ4n) is 2.02. The Labute approximate surface area is 118 Å². The molecule has 0 aromatic heterocycles. The Hall–Kier alpha value is -1.64. The van der Waals surface area contributed by atoms with Gasteiger partial charge in [0.25, 0.3) is 0 Å². The molecule has 19 heavy (non-hydrogen) atoms. The van der Waals surface area contributed by atoms with E-state index in [9.17, 15) is 4.79 Å². The average Bonchev–Trinajstić information content (AvgIpc) is 2.46. The number of rotatable bonds is 3. The van der Waals surface area contributed by atoms with Gasteiger partial charge in [-0.25, -0.2) is 4.79 Å². The van der Waals surface area contributed by atoms with E-state index < -0.39 is 0 Å². The largest absolute Gasteiger partial charge is 0.371 e. The number of carbonyl (C=O) groups excluding carboxylic acids is 1. The van der Waals surface area contributed by atoms with Crippen molar-refractivity contribution >= 4 is 23.9 Å². The molecule has 0 aliphatic heterocycles. The zero-order valence-corrected chi connectivity index (χ0v) is 11.4. The summed E-state index contributed by atoms with van der Waals surface area (Å²) in [6.45, 7) is 0.520. The van der Waals surface area contributed by atoms with Gasteiger partial charge in [0.2, 0.25) is 0 Å². The average molecular weight is 278 g/mol. The van der Waals surface area contributed by atoms with Crippen LogP contribution in [-0.4, -0.2) is 19.2 Å². The summed E-state index contributed by atoms with van der Waals surface area (Å²) in [6, 6.07) is 7.93. The van der Waals surface area contributed by atoms with Crippen molar-refractivity contribution in [1.82, 2.24) is 0 Å². The molecule has 0 fully saturated rings. The molecule has 1 aromatic rings. The van der Waals surface area contributed by atoms with Gasteiger partial charge in [-0.2, -0.15) is 0 Å². The Morgan fingerprint density at radius 2 is 2.00 bits per heavy atom. The first-order valence-corrected chi connectivity index (χ1v) is 5.75. The van der Waals surface area contributed by atoms with E-state index in [-0.39, 0.29) is 18.5 Å². The molecule has 100 valence electrons. The fraction of sp³-hybridized carbons (Fsp3) is 0.200. The van der Waals surface area contributed by atoms with Gasteiger partial charge in [-0.15, -0.1) is 12.4 Å². The normalized spacial score (nSPS) is 17.5. The highest BCUT2D eigenvalue weighted by atomic mass is 35.5. The predicted octanol–water partition coefficient (Wildman–Crippen LogP) is 2.29. The van der Waals surface area contributed by atoms with Crippen LogP contribution in [0.1, 0.15) is 11.1 Å². The van der Waals surface area contributed by atoms with E-state index in [2.05, 4.69) is 0 Å². The third-order valence-electron chi connectivity index (χ3n) is 2.99. The summed E-state index contributed by atoms with van der Waals surface area (Å²) in [4.78, 5) is 10.9. The number of nitrogens with two attached hydrogens (primary N) is 1. The lowest BCUT2D eigenvalue weighted by Crippen LogP contribution is -2.17. The molecule has 2 rings (SSSR count). The molecule has 1 aliphatic rings. The molecule has 1 unspecified atom stereocenters. The Balaban J connectivity index is 0.00000180. The van der Waals surface area contributed by atoms with Crippen molar-refractivity contribution in [3.05, 3.63) is 59.2 Å². The number of ether oxygens (including phenoxy) is 1. The maximum absolute atomic E-state index is 10.9. The van der Waals surface area contributed by atoms with Crippen LogP contribution in [0.2, 0.25) is 0 Å². The molecule has 1 atom stereocenters.